The van der Waals surface area contributed by atoms with E-state index in [0.717, 1.165) is 31.2 Å². The standard InChI is InChI=1S/C15H15F3N5O/c16-15(17,18)12-8-19-10(7-20-12)5-14(24)21-13-6-11(22-23-13)9-3-1-2-4-9/h1,6-9H,2-5H2,(H2,21,22,23,24)/t9-/m0/s1. The van der Waals surface area contributed by atoms with Crippen molar-refractivity contribution < 1.29 is 18.0 Å². The number of nitrogens with one attached hydrogen (secondary N) is 2. The average molecular weight is 338 g/mol. The zero-order chi connectivity index (χ0) is 17.2. The minimum Gasteiger partial charge on any atom is -0.309 e. The first-order chi connectivity index (χ1) is 11.4. The van der Waals surface area contributed by atoms with Crippen LogP contribution < -0.4 is 5.32 Å². The summed E-state index contributed by atoms with van der Waals surface area (Å²) in [6.45, 7) is 0. The molecule has 3 rings (SSSR count). The first-order valence-corrected chi connectivity index (χ1v) is 7.47. The molecule has 1 atom stereocenters. The lowest BCUT2D eigenvalue weighted by Crippen LogP contribution is -2.16. The summed E-state index contributed by atoms with van der Waals surface area (Å²) in [5.74, 6) is 0.366. The highest BCUT2D eigenvalue weighted by Gasteiger charge is 2.32. The van der Waals surface area contributed by atoms with Crippen molar-refractivity contribution in [3.63, 3.8) is 0 Å². The highest BCUT2D eigenvalue weighted by atomic mass is 19.4. The molecule has 2 aromatic heterocycles. The van der Waals surface area contributed by atoms with Gasteiger partial charge in [0, 0.05) is 23.9 Å². The molecule has 2 aromatic rings. The predicted molar refractivity (Wildman–Crippen MR) is 78.8 cm³/mol. The van der Waals surface area contributed by atoms with E-state index < -0.39 is 17.8 Å². The highest BCUT2D eigenvalue weighted by Crippen LogP contribution is 2.33. The molecule has 1 fully saturated rings. The zero-order valence-electron chi connectivity index (χ0n) is 12.6. The fourth-order valence-corrected chi connectivity index (χ4v) is 2.59. The van der Waals surface area contributed by atoms with Crippen LogP contribution in [0.15, 0.2) is 18.5 Å². The number of aromatic amines is 1. The van der Waals surface area contributed by atoms with Gasteiger partial charge in [-0.2, -0.15) is 18.3 Å². The van der Waals surface area contributed by atoms with Gasteiger partial charge in [-0.1, -0.05) is 0 Å². The topological polar surface area (TPSA) is 83.6 Å². The van der Waals surface area contributed by atoms with Gasteiger partial charge in [0.25, 0.3) is 0 Å². The van der Waals surface area contributed by atoms with Gasteiger partial charge in [-0.25, -0.2) is 4.98 Å². The smallest absolute Gasteiger partial charge is 0.309 e. The second-order valence-electron chi connectivity index (χ2n) is 5.62. The van der Waals surface area contributed by atoms with Crippen LogP contribution in [0.4, 0.5) is 19.0 Å². The SMILES string of the molecule is O=C(Cc1cnc(C(F)(F)F)cn1)Nc1cc([C@H]2C[CH]CC2)[nH]n1. The number of hydrogen-bond donors (Lipinski definition) is 2. The third-order valence-corrected chi connectivity index (χ3v) is 3.81. The van der Waals surface area contributed by atoms with Crippen molar-refractivity contribution in [1.29, 1.82) is 0 Å². The predicted octanol–water partition coefficient (Wildman–Crippen LogP) is 2.87. The van der Waals surface area contributed by atoms with Gasteiger partial charge in [0.05, 0.1) is 18.3 Å². The van der Waals surface area contributed by atoms with Crippen LogP contribution in [0, 0.1) is 6.42 Å². The Morgan fingerprint density at radius 3 is 2.79 bits per heavy atom. The second-order valence-corrected chi connectivity index (χ2v) is 5.62. The van der Waals surface area contributed by atoms with Crippen LogP contribution in [0.25, 0.3) is 0 Å². The number of H-pyrrole nitrogens is 1. The van der Waals surface area contributed by atoms with E-state index in [1.165, 1.54) is 0 Å². The van der Waals surface area contributed by atoms with Crippen LogP contribution in [0.2, 0.25) is 0 Å². The Morgan fingerprint density at radius 2 is 2.17 bits per heavy atom. The number of anilines is 1. The Labute approximate surface area is 135 Å². The normalized spacial score (nSPS) is 15.6. The van der Waals surface area contributed by atoms with Crippen LogP contribution >= 0.6 is 0 Å². The summed E-state index contributed by atoms with van der Waals surface area (Å²) in [6, 6.07) is 1.78. The maximum absolute atomic E-state index is 12.4. The van der Waals surface area contributed by atoms with Gasteiger partial charge in [0.15, 0.2) is 11.5 Å². The Kier molecular flexibility index (Phi) is 4.50. The van der Waals surface area contributed by atoms with Crippen LogP contribution in [0.5, 0.6) is 0 Å². The maximum atomic E-state index is 12.4. The van der Waals surface area contributed by atoms with Crippen molar-refractivity contribution in [1.82, 2.24) is 20.2 Å². The number of halogens is 3. The van der Waals surface area contributed by atoms with E-state index in [1.54, 1.807) is 6.07 Å². The number of amides is 1. The number of aromatic nitrogens is 4. The number of carbonyl (C=O) groups is 1. The molecule has 1 aliphatic carbocycles. The molecule has 1 aliphatic rings. The molecule has 1 radical (unpaired) electrons. The largest absolute Gasteiger partial charge is 0.434 e. The lowest BCUT2D eigenvalue weighted by molar-refractivity contribution is -0.141. The van der Waals surface area contributed by atoms with Gasteiger partial charge in [-0.3, -0.25) is 14.9 Å². The molecule has 9 heteroatoms. The number of nitrogens with zero attached hydrogens (tertiary/aromatic N) is 3. The van der Waals surface area contributed by atoms with Gasteiger partial charge < -0.3 is 5.32 Å². The summed E-state index contributed by atoms with van der Waals surface area (Å²) < 4.78 is 37.2. The van der Waals surface area contributed by atoms with E-state index in [2.05, 4.69) is 31.9 Å². The molecule has 0 aromatic carbocycles. The lowest BCUT2D eigenvalue weighted by atomic mass is 10.0. The summed E-state index contributed by atoms with van der Waals surface area (Å²) in [5, 5.41) is 9.53. The van der Waals surface area contributed by atoms with Gasteiger partial charge in [-0.15, -0.1) is 0 Å². The molecule has 127 valence electrons. The summed E-state index contributed by atoms with van der Waals surface area (Å²) in [4.78, 5) is 18.8. The average Bonchev–Trinajstić information content (AvgIpc) is 3.17. The third kappa shape index (κ3) is 3.90. The first kappa shape index (κ1) is 16.4. The summed E-state index contributed by atoms with van der Waals surface area (Å²) in [6.07, 6.45) is 2.17. The van der Waals surface area contributed by atoms with E-state index in [0.29, 0.717) is 17.9 Å². The minimum absolute atomic E-state index is 0.154. The van der Waals surface area contributed by atoms with Gasteiger partial charge >= 0.3 is 6.18 Å². The molecule has 1 saturated carbocycles. The summed E-state index contributed by atoms with van der Waals surface area (Å²) >= 11 is 0. The number of hydrogen-bond acceptors (Lipinski definition) is 4. The summed E-state index contributed by atoms with van der Waals surface area (Å²) in [5.41, 5.74) is 0.0343. The van der Waals surface area contributed by atoms with Crippen molar-refractivity contribution in [3.05, 3.63) is 42.0 Å². The molecule has 0 unspecified atom stereocenters. The fourth-order valence-electron chi connectivity index (χ4n) is 2.59. The molecule has 2 N–H and O–H groups in total. The number of carbonyl (C=O) groups excluding carboxylic acids is 1. The Bertz CT molecular complexity index is 705. The molecular formula is C15H15F3N5O. The molecule has 0 bridgehead atoms. The van der Waals surface area contributed by atoms with Crippen molar-refractivity contribution in [2.75, 3.05) is 5.32 Å². The summed E-state index contributed by atoms with van der Waals surface area (Å²) in [7, 11) is 0. The van der Waals surface area contributed by atoms with Gasteiger partial charge in [-0.05, 0) is 25.7 Å². The van der Waals surface area contributed by atoms with Crippen molar-refractivity contribution in [2.24, 2.45) is 0 Å². The van der Waals surface area contributed by atoms with Gasteiger partial charge in [0.2, 0.25) is 5.91 Å². The van der Waals surface area contributed by atoms with E-state index in [4.69, 9.17) is 0 Å². The van der Waals surface area contributed by atoms with Crippen LogP contribution in [0.3, 0.4) is 0 Å². The molecule has 6 nitrogen and oxygen atoms in total. The fraction of sp³-hybridized carbons (Fsp3) is 0.400. The van der Waals surface area contributed by atoms with E-state index >= 15 is 0 Å². The monoisotopic (exact) mass is 338 g/mol. The Balaban J connectivity index is 1.57. The molecule has 0 aliphatic heterocycles. The molecule has 24 heavy (non-hydrogen) atoms. The zero-order valence-corrected chi connectivity index (χ0v) is 12.6. The van der Waals surface area contributed by atoms with Crippen LogP contribution in [0.1, 0.15) is 42.3 Å². The van der Waals surface area contributed by atoms with E-state index in [1.807, 2.05) is 0 Å². The van der Waals surface area contributed by atoms with Crippen LogP contribution in [-0.4, -0.2) is 26.1 Å². The van der Waals surface area contributed by atoms with E-state index in [9.17, 15) is 18.0 Å². The molecule has 0 spiro atoms. The highest BCUT2D eigenvalue weighted by molar-refractivity contribution is 5.91. The number of rotatable bonds is 4. The third-order valence-electron chi connectivity index (χ3n) is 3.81. The van der Waals surface area contributed by atoms with Crippen molar-refractivity contribution in [3.8, 4) is 0 Å². The van der Waals surface area contributed by atoms with Crippen molar-refractivity contribution >= 4 is 11.7 Å². The quantitative estimate of drug-likeness (QED) is 0.898. The van der Waals surface area contributed by atoms with Crippen LogP contribution in [-0.2, 0) is 17.4 Å². The lowest BCUT2D eigenvalue weighted by Gasteiger charge is -2.06. The molecule has 1 amide bonds. The molecule has 2 heterocycles. The Morgan fingerprint density at radius 1 is 1.33 bits per heavy atom. The Hall–Kier alpha value is -2.45. The minimum atomic E-state index is -4.54. The second kappa shape index (κ2) is 6.58. The van der Waals surface area contributed by atoms with E-state index in [-0.39, 0.29) is 12.1 Å². The van der Waals surface area contributed by atoms with Gasteiger partial charge in [0.1, 0.15) is 0 Å². The molecule has 0 saturated heterocycles. The molecular weight excluding hydrogens is 323 g/mol. The van der Waals surface area contributed by atoms with Crippen molar-refractivity contribution in [2.45, 2.75) is 37.8 Å². The maximum Gasteiger partial charge on any atom is 0.434 e. The first-order valence-electron chi connectivity index (χ1n) is 7.47. The number of alkyl halides is 3.